The number of aliphatic hydroxyl groups excluding tert-OH is 1. The molecule has 1 atom stereocenters. The Kier molecular flexibility index (Phi) is 3.25. The first kappa shape index (κ1) is 12.2. The van der Waals surface area contributed by atoms with Crippen molar-refractivity contribution in [2.45, 2.75) is 32.8 Å². The van der Waals surface area contributed by atoms with Crippen molar-refractivity contribution in [2.75, 3.05) is 7.11 Å². The van der Waals surface area contributed by atoms with Crippen molar-refractivity contribution in [3.63, 3.8) is 0 Å². The number of aliphatic hydroxyl groups is 1. The first-order valence-electron chi connectivity index (χ1n) is 6.04. The van der Waals surface area contributed by atoms with Gasteiger partial charge in [0.15, 0.2) is 0 Å². The van der Waals surface area contributed by atoms with E-state index in [1.54, 1.807) is 7.11 Å². The molecule has 0 bridgehead atoms. The van der Waals surface area contributed by atoms with Crippen molar-refractivity contribution < 1.29 is 9.84 Å². The number of benzene rings is 1. The van der Waals surface area contributed by atoms with Crippen LogP contribution in [0.4, 0.5) is 0 Å². The minimum absolute atomic E-state index is 0.0763. The Morgan fingerprint density at radius 2 is 1.88 bits per heavy atom. The third-order valence-electron chi connectivity index (χ3n) is 3.24. The standard InChI is InChI=1S/C15H20O2/c1-15(2)9-12(8-13(16)10-15)11-4-6-14(17-3)7-5-11/h4-7,9,13,16H,8,10H2,1-3H3. The average molecular weight is 232 g/mol. The molecule has 0 aromatic heterocycles. The van der Waals surface area contributed by atoms with Crippen molar-refractivity contribution in [3.8, 4) is 5.75 Å². The molecule has 0 saturated carbocycles. The zero-order valence-electron chi connectivity index (χ0n) is 10.7. The third kappa shape index (κ3) is 2.89. The Balaban J connectivity index is 2.29. The summed E-state index contributed by atoms with van der Waals surface area (Å²) in [6.07, 6.45) is 3.64. The fourth-order valence-corrected chi connectivity index (χ4v) is 2.53. The Hall–Kier alpha value is -1.28. The summed E-state index contributed by atoms with van der Waals surface area (Å²) in [5.74, 6) is 0.866. The topological polar surface area (TPSA) is 29.5 Å². The summed E-state index contributed by atoms with van der Waals surface area (Å²) in [6.45, 7) is 4.33. The number of methoxy groups -OCH3 is 1. The van der Waals surface area contributed by atoms with Crippen LogP contribution in [0.15, 0.2) is 30.3 Å². The quantitative estimate of drug-likeness (QED) is 0.848. The maximum Gasteiger partial charge on any atom is 0.118 e. The van der Waals surface area contributed by atoms with Gasteiger partial charge in [0.1, 0.15) is 5.75 Å². The van der Waals surface area contributed by atoms with Gasteiger partial charge in [0.25, 0.3) is 0 Å². The Labute approximate surface area is 103 Å². The zero-order chi connectivity index (χ0) is 12.5. The Morgan fingerprint density at radius 3 is 2.41 bits per heavy atom. The van der Waals surface area contributed by atoms with Crippen molar-refractivity contribution in [2.24, 2.45) is 5.41 Å². The highest BCUT2D eigenvalue weighted by Gasteiger charge is 2.26. The second-order valence-corrected chi connectivity index (χ2v) is 5.45. The van der Waals surface area contributed by atoms with Gasteiger partial charge in [-0.2, -0.15) is 0 Å². The van der Waals surface area contributed by atoms with E-state index in [1.165, 1.54) is 11.1 Å². The van der Waals surface area contributed by atoms with Gasteiger partial charge in [0, 0.05) is 0 Å². The molecule has 2 rings (SSSR count). The summed E-state index contributed by atoms with van der Waals surface area (Å²) in [6, 6.07) is 8.03. The molecular formula is C15H20O2. The highest BCUT2D eigenvalue weighted by atomic mass is 16.5. The first-order valence-corrected chi connectivity index (χ1v) is 6.04. The SMILES string of the molecule is COc1ccc(C2=CC(C)(C)CC(O)C2)cc1. The van der Waals surface area contributed by atoms with Gasteiger partial charge in [-0.1, -0.05) is 32.1 Å². The van der Waals surface area contributed by atoms with Crippen LogP contribution in [0.25, 0.3) is 5.57 Å². The zero-order valence-corrected chi connectivity index (χ0v) is 10.7. The minimum atomic E-state index is -0.230. The largest absolute Gasteiger partial charge is 0.497 e. The number of ether oxygens (including phenoxy) is 1. The molecular weight excluding hydrogens is 212 g/mol. The van der Waals surface area contributed by atoms with E-state index in [1.807, 2.05) is 12.1 Å². The van der Waals surface area contributed by atoms with Gasteiger partial charge in [-0.15, -0.1) is 0 Å². The van der Waals surface area contributed by atoms with Gasteiger partial charge in [-0.3, -0.25) is 0 Å². The van der Waals surface area contributed by atoms with Crippen LogP contribution in [0.2, 0.25) is 0 Å². The van der Waals surface area contributed by atoms with Gasteiger partial charge < -0.3 is 9.84 Å². The van der Waals surface area contributed by atoms with Crippen LogP contribution in [0.5, 0.6) is 5.75 Å². The molecule has 92 valence electrons. The second kappa shape index (κ2) is 4.53. The lowest BCUT2D eigenvalue weighted by Crippen LogP contribution is -2.24. The van der Waals surface area contributed by atoms with Crippen LogP contribution in [-0.4, -0.2) is 18.3 Å². The molecule has 2 heteroatoms. The molecule has 1 aromatic rings. The van der Waals surface area contributed by atoms with Crippen LogP contribution in [-0.2, 0) is 0 Å². The van der Waals surface area contributed by atoms with Crippen LogP contribution < -0.4 is 4.74 Å². The normalized spacial score (nSPS) is 23.1. The van der Waals surface area contributed by atoms with E-state index in [-0.39, 0.29) is 11.5 Å². The molecule has 0 spiro atoms. The molecule has 1 unspecified atom stereocenters. The second-order valence-electron chi connectivity index (χ2n) is 5.45. The fraction of sp³-hybridized carbons (Fsp3) is 0.467. The molecule has 17 heavy (non-hydrogen) atoms. The number of hydrogen-bond donors (Lipinski definition) is 1. The van der Waals surface area contributed by atoms with Crippen molar-refractivity contribution >= 4 is 5.57 Å². The molecule has 0 aliphatic heterocycles. The highest BCUT2D eigenvalue weighted by Crippen LogP contribution is 2.37. The molecule has 1 N–H and O–H groups in total. The molecule has 1 aromatic carbocycles. The Morgan fingerprint density at radius 1 is 1.24 bits per heavy atom. The van der Waals surface area contributed by atoms with E-state index in [0.29, 0.717) is 0 Å². The molecule has 0 radical (unpaired) electrons. The minimum Gasteiger partial charge on any atom is -0.497 e. The summed E-state index contributed by atoms with van der Waals surface area (Å²) in [7, 11) is 1.67. The van der Waals surface area contributed by atoms with Crippen molar-refractivity contribution in [1.29, 1.82) is 0 Å². The van der Waals surface area contributed by atoms with Gasteiger partial charge in [0.05, 0.1) is 13.2 Å². The monoisotopic (exact) mass is 232 g/mol. The number of allylic oxidation sites excluding steroid dienone is 1. The van der Waals surface area contributed by atoms with Crippen molar-refractivity contribution in [1.82, 2.24) is 0 Å². The number of rotatable bonds is 2. The number of hydrogen-bond acceptors (Lipinski definition) is 2. The molecule has 0 fully saturated rings. The first-order chi connectivity index (χ1) is 8.00. The summed E-state index contributed by atoms with van der Waals surface area (Å²) in [4.78, 5) is 0. The van der Waals surface area contributed by atoms with Crippen LogP contribution in [0.3, 0.4) is 0 Å². The van der Waals surface area contributed by atoms with E-state index in [9.17, 15) is 5.11 Å². The fourth-order valence-electron chi connectivity index (χ4n) is 2.53. The molecule has 0 heterocycles. The predicted molar refractivity (Wildman–Crippen MR) is 70.0 cm³/mol. The van der Waals surface area contributed by atoms with Gasteiger partial charge in [0.2, 0.25) is 0 Å². The maximum atomic E-state index is 9.91. The van der Waals surface area contributed by atoms with E-state index in [0.717, 1.165) is 18.6 Å². The molecule has 2 nitrogen and oxygen atoms in total. The Bertz CT molecular complexity index is 415. The van der Waals surface area contributed by atoms with E-state index < -0.39 is 0 Å². The van der Waals surface area contributed by atoms with Crippen molar-refractivity contribution in [3.05, 3.63) is 35.9 Å². The van der Waals surface area contributed by atoms with Gasteiger partial charge in [-0.25, -0.2) is 0 Å². The summed E-state index contributed by atoms with van der Waals surface area (Å²) in [5, 5.41) is 9.91. The molecule has 0 amide bonds. The summed E-state index contributed by atoms with van der Waals surface area (Å²) < 4.78 is 5.15. The smallest absolute Gasteiger partial charge is 0.118 e. The van der Waals surface area contributed by atoms with Crippen LogP contribution in [0, 0.1) is 5.41 Å². The lowest BCUT2D eigenvalue weighted by Gasteiger charge is -2.31. The van der Waals surface area contributed by atoms with Gasteiger partial charge in [-0.05, 0) is 41.5 Å². The summed E-state index contributed by atoms with van der Waals surface area (Å²) >= 11 is 0. The molecule has 1 aliphatic carbocycles. The lowest BCUT2D eigenvalue weighted by atomic mass is 9.76. The third-order valence-corrected chi connectivity index (χ3v) is 3.24. The highest BCUT2D eigenvalue weighted by molar-refractivity contribution is 5.68. The van der Waals surface area contributed by atoms with E-state index in [2.05, 4.69) is 32.1 Å². The maximum absolute atomic E-state index is 9.91. The molecule has 0 saturated heterocycles. The average Bonchev–Trinajstić information content (AvgIpc) is 2.26. The predicted octanol–water partition coefficient (Wildman–Crippen LogP) is 3.26. The van der Waals surface area contributed by atoms with E-state index in [4.69, 9.17) is 4.74 Å². The molecule has 1 aliphatic rings. The van der Waals surface area contributed by atoms with E-state index >= 15 is 0 Å². The lowest BCUT2D eigenvalue weighted by molar-refractivity contribution is 0.128. The van der Waals surface area contributed by atoms with Crippen LogP contribution in [0.1, 0.15) is 32.3 Å². The summed E-state index contributed by atoms with van der Waals surface area (Å²) in [5.41, 5.74) is 2.49. The van der Waals surface area contributed by atoms with Crippen LogP contribution >= 0.6 is 0 Å². The van der Waals surface area contributed by atoms with Gasteiger partial charge >= 0.3 is 0 Å².